The van der Waals surface area contributed by atoms with Crippen LogP contribution in [-0.4, -0.2) is 36.8 Å². The molecule has 1 unspecified atom stereocenters. The summed E-state index contributed by atoms with van der Waals surface area (Å²) in [5, 5.41) is 8.83. The van der Waals surface area contributed by atoms with E-state index in [1.54, 1.807) is 0 Å². The molecule has 0 radical (unpaired) electrons. The van der Waals surface area contributed by atoms with Crippen molar-refractivity contribution in [3.8, 4) is 0 Å². The number of piperidine rings is 1. The molecule has 0 aromatic rings. The first-order valence-corrected chi connectivity index (χ1v) is 5.06. The van der Waals surface area contributed by atoms with Gasteiger partial charge in [-0.3, -0.25) is 0 Å². The maximum absolute atomic E-state index is 8.83. The van der Waals surface area contributed by atoms with Crippen LogP contribution in [0.1, 0.15) is 25.7 Å². The summed E-state index contributed by atoms with van der Waals surface area (Å²) in [4.78, 5) is 2.42. The minimum Gasteiger partial charge on any atom is -0.396 e. The minimum atomic E-state index is 0.391. The average molecular weight is 169 g/mol. The van der Waals surface area contributed by atoms with Crippen molar-refractivity contribution >= 4 is 0 Å². The fourth-order valence-electron chi connectivity index (χ4n) is 2.67. The molecule has 1 atom stereocenters. The quantitative estimate of drug-likeness (QED) is 0.669. The molecule has 1 aliphatic heterocycles. The van der Waals surface area contributed by atoms with Gasteiger partial charge in [-0.15, -0.1) is 0 Å². The van der Waals surface area contributed by atoms with E-state index >= 15 is 0 Å². The van der Waals surface area contributed by atoms with Gasteiger partial charge in [0.25, 0.3) is 0 Å². The molecule has 2 aliphatic rings. The van der Waals surface area contributed by atoms with E-state index in [-0.39, 0.29) is 0 Å². The Balaban J connectivity index is 1.83. The van der Waals surface area contributed by atoms with E-state index in [9.17, 15) is 0 Å². The van der Waals surface area contributed by atoms with E-state index in [0.717, 1.165) is 12.3 Å². The van der Waals surface area contributed by atoms with Gasteiger partial charge in [-0.25, -0.2) is 0 Å². The third kappa shape index (κ3) is 1.38. The van der Waals surface area contributed by atoms with Gasteiger partial charge in [-0.1, -0.05) is 0 Å². The summed E-state index contributed by atoms with van der Waals surface area (Å²) in [6, 6.07) is 0. The SMILES string of the molecule is CN1CCC2(CC1)CC2CCO. The second-order valence-corrected chi connectivity index (χ2v) is 4.58. The van der Waals surface area contributed by atoms with Crippen LogP contribution in [0.25, 0.3) is 0 Å². The van der Waals surface area contributed by atoms with Crippen LogP contribution in [0.5, 0.6) is 0 Å². The third-order valence-electron chi connectivity index (χ3n) is 3.82. The van der Waals surface area contributed by atoms with Crippen molar-refractivity contribution in [2.45, 2.75) is 25.7 Å². The van der Waals surface area contributed by atoms with Crippen LogP contribution >= 0.6 is 0 Å². The van der Waals surface area contributed by atoms with Crippen molar-refractivity contribution in [1.82, 2.24) is 4.90 Å². The molecule has 1 aliphatic carbocycles. The van der Waals surface area contributed by atoms with Crippen molar-refractivity contribution in [3.63, 3.8) is 0 Å². The van der Waals surface area contributed by atoms with Crippen LogP contribution in [0.3, 0.4) is 0 Å². The topological polar surface area (TPSA) is 23.5 Å². The molecule has 0 bridgehead atoms. The van der Waals surface area contributed by atoms with Gasteiger partial charge in [-0.05, 0) is 57.2 Å². The van der Waals surface area contributed by atoms with E-state index in [1.807, 2.05) is 0 Å². The van der Waals surface area contributed by atoms with Gasteiger partial charge in [0.1, 0.15) is 0 Å². The molecule has 1 saturated heterocycles. The number of aliphatic hydroxyl groups is 1. The second kappa shape index (κ2) is 3.00. The predicted molar refractivity (Wildman–Crippen MR) is 49.0 cm³/mol. The zero-order valence-corrected chi connectivity index (χ0v) is 7.92. The Bertz CT molecular complexity index is 161. The first kappa shape index (κ1) is 8.52. The van der Waals surface area contributed by atoms with Crippen LogP contribution in [0, 0.1) is 11.3 Å². The second-order valence-electron chi connectivity index (χ2n) is 4.58. The van der Waals surface area contributed by atoms with E-state index in [0.29, 0.717) is 12.0 Å². The summed E-state index contributed by atoms with van der Waals surface area (Å²) in [6.07, 6.45) is 5.17. The number of rotatable bonds is 2. The molecule has 2 heteroatoms. The van der Waals surface area contributed by atoms with Crippen molar-refractivity contribution in [1.29, 1.82) is 0 Å². The van der Waals surface area contributed by atoms with Crippen molar-refractivity contribution < 1.29 is 5.11 Å². The van der Waals surface area contributed by atoms with Gasteiger partial charge in [0.15, 0.2) is 0 Å². The van der Waals surface area contributed by atoms with Crippen LogP contribution in [0.15, 0.2) is 0 Å². The Morgan fingerprint density at radius 1 is 1.42 bits per heavy atom. The van der Waals surface area contributed by atoms with Gasteiger partial charge >= 0.3 is 0 Å². The standard InChI is InChI=1S/C10H19NO/c1-11-5-3-10(4-6-11)8-9(10)2-7-12/h9,12H,2-8H2,1H3. The highest BCUT2D eigenvalue weighted by molar-refractivity contribution is 5.04. The largest absolute Gasteiger partial charge is 0.396 e. The summed E-state index contributed by atoms with van der Waals surface area (Å²) in [7, 11) is 2.20. The van der Waals surface area contributed by atoms with Crippen LogP contribution in [-0.2, 0) is 0 Å². The van der Waals surface area contributed by atoms with Crippen LogP contribution in [0.4, 0.5) is 0 Å². The monoisotopic (exact) mass is 169 g/mol. The highest BCUT2D eigenvalue weighted by Gasteiger charge is 2.53. The molecule has 70 valence electrons. The Morgan fingerprint density at radius 3 is 2.67 bits per heavy atom. The number of hydrogen-bond donors (Lipinski definition) is 1. The van der Waals surface area contributed by atoms with E-state index in [4.69, 9.17) is 5.11 Å². The summed E-state index contributed by atoms with van der Waals surface area (Å²) >= 11 is 0. The lowest BCUT2D eigenvalue weighted by molar-refractivity contribution is 0.182. The lowest BCUT2D eigenvalue weighted by atomic mass is 9.90. The molecule has 2 nitrogen and oxygen atoms in total. The van der Waals surface area contributed by atoms with Gasteiger partial charge in [0.05, 0.1) is 0 Å². The highest BCUT2D eigenvalue weighted by Crippen LogP contribution is 2.60. The lowest BCUT2D eigenvalue weighted by Gasteiger charge is -2.29. The highest BCUT2D eigenvalue weighted by atomic mass is 16.3. The Hall–Kier alpha value is -0.0800. The minimum absolute atomic E-state index is 0.391. The predicted octanol–water partition coefficient (Wildman–Crippen LogP) is 1.10. The Morgan fingerprint density at radius 2 is 2.08 bits per heavy atom. The number of likely N-dealkylation sites (tertiary alicyclic amines) is 1. The molecular weight excluding hydrogens is 150 g/mol. The van der Waals surface area contributed by atoms with E-state index in [2.05, 4.69) is 11.9 Å². The smallest absolute Gasteiger partial charge is 0.0433 e. The molecule has 1 N–H and O–H groups in total. The fraction of sp³-hybridized carbons (Fsp3) is 1.00. The van der Waals surface area contributed by atoms with E-state index in [1.165, 1.54) is 32.4 Å². The average Bonchev–Trinajstić information content (AvgIpc) is 2.72. The fourth-order valence-corrected chi connectivity index (χ4v) is 2.67. The van der Waals surface area contributed by atoms with Crippen molar-refractivity contribution in [2.24, 2.45) is 11.3 Å². The summed E-state index contributed by atoms with van der Waals surface area (Å²) in [5.41, 5.74) is 0.676. The van der Waals surface area contributed by atoms with Crippen molar-refractivity contribution in [3.05, 3.63) is 0 Å². The Kier molecular flexibility index (Phi) is 2.13. The number of nitrogens with zero attached hydrogens (tertiary/aromatic N) is 1. The molecule has 1 spiro atoms. The number of aliphatic hydroxyl groups excluding tert-OH is 1. The summed E-state index contributed by atoms with van der Waals surface area (Å²) in [6.45, 7) is 2.92. The van der Waals surface area contributed by atoms with Gasteiger partial charge < -0.3 is 10.0 Å². The maximum atomic E-state index is 8.83. The normalized spacial score (nSPS) is 34.0. The lowest BCUT2D eigenvalue weighted by Crippen LogP contribution is -2.31. The molecule has 2 rings (SSSR count). The molecule has 1 heterocycles. The molecule has 0 aromatic heterocycles. The summed E-state index contributed by atoms with van der Waals surface area (Å²) < 4.78 is 0. The number of hydrogen-bond acceptors (Lipinski definition) is 2. The molecule has 12 heavy (non-hydrogen) atoms. The molecule has 0 amide bonds. The molecule has 1 saturated carbocycles. The first-order chi connectivity index (χ1) is 5.77. The summed E-state index contributed by atoms with van der Waals surface area (Å²) in [5.74, 6) is 0.858. The Labute approximate surface area is 74.6 Å². The molecule has 0 aromatic carbocycles. The maximum Gasteiger partial charge on any atom is 0.0433 e. The third-order valence-corrected chi connectivity index (χ3v) is 3.82. The molecule has 2 fully saturated rings. The first-order valence-electron chi connectivity index (χ1n) is 5.06. The van der Waals surface area contributed by atoms with Gasteiger partial charge in [0, 0.05) is 6.61 Å². The van der Waals surface area contributed by atoms with Crippen LogP contribution < -0.4 is 0 Å². The van der Waals surface area contributed by atoms with E-state index < -0.39 is 0 Å². The van der Waals surface area contributed by atoms with Gasteiger partial charge in [0.2, 0.25) is 0 Å². The van der Waals surface area contributed by atoms with Crippen molar-refractivity contribution in [2.75, 3.05) is 26.7 Å². The zero-order chi connectivity index (χ0) is 8.60. The zero-order valence-electron chi connectivity index (χ0n) is 7.92. The van der Waals surface area contributed by atoms with Crippen LogP contribution in [0.2, 0.25) is 0 Å². The molecular formula is C10H19NO. The van der Waals surface area contributed by atoms with Gasteiger partial charge in [-0.2, -0.15) is 0 Å².